The second kappa shape index (κ2) is 7.45. The van der Waals surface area contributed by atoms with Crippen molar-refractivity contribution in [2.75, 3.05) is 0 Å². The van der Waals surface area contributed by atoms with E-state index in [0.717, 1.165) is 11.5 Å². The first-order valence-electron chi connectivity index (χ1n) is 7.97. The van der Waals surface area contributed by atoms with Gasteiger partial charge in [-0.2, -0.15) is 0 Å². The van der Waals surface area contributed by atoms with E-state index in [1.165, 1.54) is 15.4 Å². The summed E-state index contributed by atoms with van der Waals surface area (Å²) in [5.41, 5.74) is 1.36. The van der Waals surface area contributed by atoms with E-state index >= 15 is 0 Å². The minimum atomic E-state index is 0.484. The van der Waals surface area contributed by atoms with Gasteiger partial charge in [0.1, 0.15) is 11.5 Å². The van der Waals surface area contributed by atoms with Gasteiger partial charge < -0.3 is 9.84 Å². The highest BCUT2D eigenvalue weighted by Gasteiger charge is 2.03. The van der Waals surface area contributed by atoms with Gasteiger partial charge in [-0.3, -0.25) is 0 Å². The lowest BCUT2D eigenvalue weighted by atomic mass is 10.0. The number of hydrogen-bond acceptors (Lipinski definition) is 2. The third-order valence-corrected chi connectivity index (χ3v) is 4.71. The summed E-state index contributed by atoms with van der Waals surface area (Å²) in [6, 6.07) is 23.9. The molecule has 3 aromatic carbocycles. The van der Waals surface area contributed by atoms with Gasteiger partial charge in [-0.15, -0.1) is 0 Å². The molecule has 2 N–H and O–H groups in total. The third-order valence-electron chi connectivity index (χ3n) is 3.70. The summed E-state index contributed by atoms with van der Waals surface area (Å²) in [6.45, 7) is 4.41. The summed E-state index contributed by atoms with van der Waals surface area (Å²) in [6.07, 6.45) is 0. The van der Waals surface area contributed by atoms with Gasteiger partial charge in [0.05, 0.1) is 0 Å². The van der Waals surface area contributed by atoms with Crippen LogP contribution in [0.2, 0.25) is 0 Å². The number of rotatable bonds is 5. The summed E-state index contributed by atoms with van der Waals surface area (Å²) < 4.78 is 5.79. The Balaban J connectivity index is 1.64. The largest absolute Gasteiger partial charge is 0.593 e. The Morgan fingerprint density at radius 3 is 1.67 bits per heavy atom. The van der Waals surface area contributed by atoms with Crippen LogP contribution in [-0.2, 0) is 0 Å². The zero-order valence-electron chi connectivity index (χ0n) is 13.8. The maximum atomic E-state index is 7.48. The highest BCUT2D eigenvalue weighted by Crippen LogP contribution is 2.31. The fraction of sp³-hybridized carbons (Fsp3) is 0.143. The number of ether oxygens (including phenoxy) is 1. The average molecular weight is 337 g/mol. The van der Waals surface area contributed by atoms with Gasteiger partial charge in [0.25, 0.3) is 5.75 Å². The Labute approximate surface area is 147 Å². The molecule has 3 aromatic rings. The first-order chi connectivity index (χ1) is 11.6. The Morgan fingerprint density at radius 1 is 0.708 bits per heavy atom. The zero-order valence-corrected chi connectivity index (χ0v) is 14.6. The second-order valence-electron chi connectivity index (χ2n) is 5.92. The molecular weight excluding hydrogens is 316 g/mol. The van der Waals surface area contributed by atoms with Gasteiger partial charge in [0.15, 0.2) is 0 Å². The fourth-order valence-corrected chi connectivity index (χ4v) is 3.11. The molecule has 0 unspecified atom stereocenters. The minimum absolute atomic E-state index is 0.484. The molecule has 0 aliphatic rings. The summed E-state index contributed by atoms with van der Waals surface area (Å²) in [7, 11) is 0. The Bertz CT molecular complexity index is 776. The van der Waals surface area contributed by atoms with E-state index in [9.17, 15) is 0 Å². The zero-order chi connectivity index (χ0) is 16.9. The van der Waals surface area contributed by atoms with Crippen molar-refractivity contribution in [1.29, 1.82) is 0 Å². The van der Waals surface area contributed by atoms with Crippen LogP contribution in [0.1, 0.15) is 25.3 Å². The van der Waals surface area contributed by atoms with E-state index in [0.29, 0.717) is 11.7 Å². The van der Waals surface area contributed by atoms with Crippen molar-refractivity contribution in [3.8, 4) is 17.2 Å². The van der Waals surface area contributed by atoms with Crippen molar-refractivity contribution in [3.63, 3.8) is 0 Å². The number of hydrogen-bond donors (Lipinski definition) is 0. The molecule has 0 fully saturated rings. The predicted molar refractivity (Wildman–Crippen MR) is 101 cm³/mol. The van der Waals surface area contributed by atoms with E-state index in [-0.39, 0.29) is 0 Å². The summed E-state index contributed by atoms with van der Waals surface area (Å²) in [4.78, 5) is 2.42. The van der Waals surface area contributed by atoms with Crippen molar-refractivity contribution in [3.05, 3.63) is 78.4 Å². The molecule has 0 amide bonds. The lowest BCUT2D eigenvalue weighted by Crippen LogP contribution is -1.86. The van der Waals surface area contributed by atoms with Crippen LogP contribution in [0.4, 0.5) is 0 Å². The molecule has 0 radical (unpaired) electrons. The van der Waals surface area contributed by atoms with Crippen LogP contribution in [0.3, 0.4) is 0 Å². The first-order valence-corrected chi connectivity index (χ1v) is 8.79. The van der Waals surface area contributed by atoms with Crippen LogP contribution in [0.5, 0.6) is 17.2 Å². The Hall–Kier alpha value is -2.39. The van der Waals surface area contributed by atoms with Gasteiger partial charge in [-0.05, 0) is 60.0 Å². The molecule has 0 aliphatic heterocycles. The van der Waals surface area contributed by atoms with Crippen LogP contribution in [0.15, 0.2) is 82.6 Å². The SMILES string of the molecule is CC(C)c1ccc(Sc2ccc(Oc3ccc([OH2+])cc3)cc2)cc1. The van der Waals surface area contributed by atoms with Crippen LogP contribution in [0.25, 0.3) is 0 Å². The smallest absolute Gasteiger partial charge is 0.254 e. The third kappa shape index (κ3) is 4.33. The molecule has 0 saturated carbocycles. The second-order valence-corrected chi connectivity index (χ2v) is 7.07. The van der Waals surface area contributed by atoms with Gasteiger partial charge in [-0.25, -0.2) is 0 Å². The molecule has 0 spiro atoms. The highest BCUT2D eigenvalue weighted by molar-refractivity contribution is 7.99. The Morgan fingerprint density at radius 2 is 1.17 bits per heavy atom. The number of benzene rings is 3. The van der Waals surface area contributed by atoms with Gasteiger partial charge in [0, 0.05) is 21.9 Å². The maximum Gasteiger partial charge on any atom is 0.254 e. The summed E-state index contributed by atoms with van der Waals surface area (Å²) in [5.74, 6) is 2.59. The van der Waals surface area contributed by atoms with Gasteiger partial charge in [-0.1, -0.05) is 37.7 Å². The van der Waals surface area contributed by atoms with Crippen LogP contribution < -0.4 is 4.74 Å². The maximum absolute atomic E-state index is 7.48. The van der Waals surface area contributed by atoms with E-state index in [2.05, 4.69) is 50.2 Å². The van der Waals surface area contributed by atoms with E-state index in [1.807, 2.05) is 12.1 Å². The molecule has 0 heterocycles. The molecule has 3 heteroatoms. The van der Waals surface area contributed by atoms with E-state index < -0.39 is 0 Å². The summed E-state index contributed by atoms with van der Waals surface area (Å²) >= 11 is 1.74. The minimum Gasteiger partial charge on any atom is -0.593 e. The van der Waals surface area contributed by atoms with Crippen LogP contribution in [-0.4, -0.2) is 5.11 Å². The van der Waals surface area contributed by atoms with Crippen molar-refractivity contribution in [2.24, 2.45) is 0 Å². The monoisotopic (exact) mass is 337 g/mol. The molecular formula is C21H21O2S+. The first kappa shape index (κ1) is 16.5. The van der Waals surface area contributed by atoms with Crippen molar-refractivity contribution >= 4 is 11.8 Å². The van der Waals surface area contributed by atoms with Crippen molar-refractivity contribution < 1.29 is 9.84 Å². The fourth-order valence-electron chi connectivity index (χ4n) is 2.29. The van der Waals surface area contributed by atoms with E-state index in [4.69, 9.17) is 9.84 Å². The topological polar surface area (TPSA) is 32.1 Å². The van der Waals surface area contributed by atoms with Crippen LogP contribution in [0, 0.1) is 0 Å². The molecule has 3 rings (SSSR count). The lowest BCUT2D eigenvalue weighted by Gasteiger charge is -2.08. The molecule has 0 atom stereocenters. The molecule has 2 nitrogen and oxygen atoms in total. The molecule has 24 heavy (non-hydrogen) atoms. The van der Waals surface area contributed by atoms with Crippen molar-refractivity contribution in [1.82, 2.24) is 0 Å². The van der Waals surface area contributed by atoms with Crippen molar-refractivity contribution in [2.45, 2.75) is 29.6 Å². The molecule has 0 saturated heterocycles. The van der Waals surface area contributed by atoms with E-state index in [1.54, 1.807) is 36.0 Å². The van der Waals surface area contributed by atoms with Crippen LogP contribution >= 0.6 is 11.8 Å². The highest BCUT2D eigenvalue weighted by atomic mass is 32.2. The molecule has 0 aliphatic carbocycles. The van der Waals surface area contributed by atoms with Gasteiger partial charge >= 0.3 is 0 Å². The molecule has 0 bridgehead atoms. The molecule has 122 valence electrons. The quantitative estimate of drug-likeness (QED) is 0.520. The lowest BCUT2D eigenvalue weighted by molar-refractivity contribution is 0.464. The molecule has 0 aromatic heterocycles. The van der Waals surface area contributed by atoms with Gasteiger partial charge in [0.2, 0.25) is 0 Å². The standard InChI is InChI=1S/C21H20O2S/c1-15(2)16-3-11-20(12-4-16)24-21-13-9-19(10-14-21)23-18-7-5-17(22)6-8-18/h3-15,22H,1-2H3/p+1. The predicted octanol–water partition coefficient (Wildman–Crippen LogP) is 6.19. The summed E-state index contributed by atoms with van der Waals surface area (Å²) in [5, 5.41) is 7.48. The Kier molecular flexibility index (Phi) is 5.11. The normalized spacial score (nSPS) is 10.8. The average Bonchev–Trinajstić information content (AvgIpc) is 2.59.